The molecule has 2 aromatic carbocycles. The van der Waals surface area contributed by atoms with Crippen LogP contribution in [-0.4, -0.2) is 10.3 Å². The van der Waals surface area contributed by atoms with Gasteiger partial charge >= 0.3 is 0 Å². The average Bonchev–Trinajstić information content (AvgIpc) is 2.44. The molecule has 106 valence electrons. The first kappa shape index (κ1) is 13.3. The summed E-state index contributed by atoms with van der Waals surface area (Å²) in [5, 5.41) is 0. The zero-order chi connectivity index (χ0) is 15.0. The number of nitrogens with two attached hydrogens (primary N) is 1. The van der Waals surface area contributed by atoms with Gasteiger partial charge in [-0.15, -0.1) is 0 Å². The van der Waals surface area contributed by atoms with Gasteiger partial charge in [0, 0.05) is 30.8 Å². The number of nitrogens with zero attached hydrogens (tertiary/aromatic N) is 1. The normalized spacial score (nSPS) is 13.3. The van der Waals surface area contributed by atoms with Crippen molar-refractivity contribution < 1.29 is 18.1 Å². The van der Waals surface area contributed by atoms with E-state index < -0.39 is 11.6 Å². The van der Waals surface area contributed by atoms with Crippen LogP contribution >= 0.6 is 0 Å². The summed E-state index contributed by atoms with van der Waals surface area (Å²) < 4.78 is 33.8. The van der Waals surface area contributed by atoms with E-state index in [-0.39, 0.29) is 5.75 Å². The van der Waals surface area contributed by atoms with Crippen molar-refractivity contribution in [3.8, 4) is 11.5 Å². The molecule has 0 amide bonds. The lowest BCUT2D eigenvalue weighted by atomic mass is 10.2. The Morgan fingerprint density at radius 3 is 2.48 bits per heavy atom. The highest BCUT2D eigenvalue weighted by Gasteiger charge is 2.23. The summed E-state index contributed by atoms with van der Waals surface area (Å²) in [6, 6.07) is 8.62. The van der Waals surface area contributed by atoms with Gasteiger partial charge in [0.15, 0.2) is 23.5 Å². The molecule has 0 aliphatic carbocycles. The molecule has 0 fully saturated rings. The Labute approximate surface area is 120 Å². The van der Waals surface area contributed by atoms with Gasteiger partial charge in [-0.05, 0) is 18.2 Å². The van der Waals surface area contributed by atoms with E-state index in [9.17, 15) is 8.78 Å². The third kappa shape index (κ3) is 2.50. The number of hydrogen-bond donors (Lipinski definition) is 1. The Balaban J connectivity index is 1.99. The highest BCUT2D eigenvalue weighted by atomic mass is 19.2. The Morgan fingerprint density at radius 1 is 1.05 bits per heavy atom. The molecule has 1 aliphatic heterocycles. The molecule has 2 aromatic rings. The predicted octanol–water partition coefficient (Wildman–Crippen LogP) is 3.97. The second-order valence-electron chi connectivity index (χ2n) is 4.73. The molecular weight excluding hydrogens is 274 g/mol. The van der Waals surface area contributed by atoms with Gasteiger partial charge in [0.1, 0.15) is 5.75 Å². The van der Waals surface area contributed by atoms with Crippen molar-refractivity contribution in [2.75, 3.05) is 5.73 Å². The van der Waals surface area contributed by atoms with Crippen LogP contribution in [0.1, 0.15) is 6.92 Å². The van der Waals surface area contributed by atoms with E-state index in [0.717, 1.165) is 23.5 Å². The minimum absolute atomic E-state index is 0.211. The molecule has 1 aliphatic rings. The molecule has 0 atom stereocenters. The molecule has 21 heavy (non-hydrogen) atoms. The van der Waals surface area contributed by atoms with Crippen LogP contribution in [0.3, 0.4) is 0 Å². The van der Waals surface area contributed by atoms with Crippen LogP contribution in [0.4, 0.5) is 20.2 Å². The topological polar surface area (TPSA) is 38.3 Å². The van der Waals surface area contributed by atoms with Gasteiger partial charge in [0.2, 0.25) is 5.75 Å². The molecule has 5 heteroatoms. The van der Waals surface area contributed by atoms with E-state index >= 15 is 0 Å². The number of halogens is 2. The van der Waals surface area contributed by atoms with Crippen LogP contribution in [0.25, 0.3) is 0 Å². The van der Waals surface area contributed by atoms with Gasteiger partial charge in [0.25, 0.3) is 5.69 Å². The summed E-state index contributed by atoms with van der Waals surface area (Å²) in [6.07, 6.45) is 3.84. The van der Waals surface area contributed by atoms with Crippen molar-refractivity contribution in [2.45, 2.75) is 6.92 Å². The molecular formula is C16H13F2N2O+. The molecule has 0 aromatic heterocycles. The standard InChI is InChI=1S/C16H13F2N2O/c1-10-6-7-20(10)15-5-2-11(19)8-16(15)21-12-3-4-13(17)14(18)9-12/h2-9H,19H2,1H3/q+1. The SMILES string of the molecule is CC1=[N+](c2ccc(N)cc2Oc2ccc(F)c(F)c2)C=C1. The lowest BCUT2D eigenvalue weighted by Crippen LogP contribution is -2.15. The fourth-order valence-corrected chi connectivity index (χ4v) is 2.05. The van der Waals surface area contributed by atoms with Crippen LogP contribution in [0.5, 0.6) is 11.5 Å². The molecule has 1 heterocycles. The molecule has 3 nitrogen and oxygen atoms in total. The first-order chi connectivity index (χ1) is 10.0. The number of hydrogen-bond acceptors (Lipinski definition) is 2. The number of benzene rings is 2. The maximum absolute atomic E-state index is 13.3. The monoisotopic (exact) mass is 287 g/mol. The zero-order valence-corrected chi connectivity index (χ0v) is 11.3. The van der Waals surface area contributed by atoms with Gasteiger partial charge < -0.3 is 10.5 Å². The van der Waals surface area contributed by atoms with Crippen molar-refractivity contribution in [3.05, 3.63) is 60.3 Å². The van der Waals surface area contributed by atoms with Crippen LogP contribution < -0.4 is 10.5 Å². The molecule has 2 N–H and O–H groups in total. The molecule has 0 bridgehead atoms. The molecule has 3 rings (SSSR count). The summed E-state index contributed by atoms with van der Waals surface area (Å²) in [5.41, 5.74) is 8.14. The lowest BCUT2D eigenvalue weighted by Gasteiger charge is -2.12. The van der Waals surface area contributed by atoms with Crippen molar-refractivity contribution in [1.82, 2.24) is 0 Å². The van der Waals surface area contributed by atoms with E-state index in [2.05, 4.69) is 0 Å². The van der Waals surface area contributed by atoms with Crippen molar-refractivity contribution >= 4 is 17.1 Å². The largest absolute Gasteiger partial charge is 0.450 e. The van der Waals surface area contributed by atoms with E-state index in [0.29, 0.717) is 11.4 Å². The fraction of sp³-hybridized carbons (Fsp3) is 0.0625. The van der Waals surface area contributed by atoms with E-state index in [1.807, 2.05) is 29.8 Å². The smallest absolute Gasteiger partial charge is 0.253 e. The van der Waals surface area contributed by atoms with Crippen molar-refractivity contribution in [3.63, 3.8) is 0 Å². The zero-order valence-electron chi connectivity index (χ0n) is 11.3. The lowest BCUT2D eigenvalue weighted by molar-refractivity contribution is -0.372. The predicted molar refractivity (Wildman–Crippen MR) is 77.0 cm³/mol. The average molecular weight is 287 g/mol. The molecule has 0 saturated heterocycles. The van der Waals surface area contributed by atoms with E-state index in [4.69, 9.17) is 10.5 Å². The molecule has 0 saturated carbocycles. The number of allylic oxidation sites excluding steroid dienone is 1. The van der Waals surface area contributed by atoms with Crippen molar-refractivity contribution in [1.29, 1.82) is 0 Å². The highest BCUT2D eigenvalue weighted by molar-refractivity contribution is 5.92. The summed E-state index contributed by atoms with van der Waals surface area (Å²) in [7, 11) is 0. The summed E-state index contributed by atoms with van der Waals surface area (Å²) in [6.45, 7) is 1.96. The third-order valence-electron chi connectivity index (χ3n) is 3.21. The van der Waals surface area contributed by atoms with Crippen LogP contribution in [0.15, 0.2) is 48.7 Å². The maximum atomic E-state index is 13.3. The van der Waals surface area contributed by atoms with E-state index in [1.54, 1.807) is 12.1 Å². The molecule has 0 radical (unpaired) electrons. The van der Waals surface area contributed by atoms with Crippen LogP contribution in [0.2, 0.25) is 0 Å². The van der Waals surface area contributed by atoms with Crippen LogP contribution in [0, 0.1) is 11.6 Å². The first-order valence-electron chi connectivity index (χ1n) is 6.38. The number of ether oxygens (including phenoxy) is 1. The fourth-order valence-electron chi connectivity index (χ4n) is 2.05. The maximum Gasteiger partial charge on any atom is 0.253 e. The second kappa shape index (κ2) is 5.01. The van der Waals surface area contributed by atoms with Gasteiger partial charge in [0.05, 0.1) is 6.08 Å². The number of nitrogen functional groups attached to an aromatic ring is 1. The Bertz CT molecular complexity index is 782. The Morgan fingerprint density at radius 2 is 1.86 bits per heavy atom. The quantitative estimate of drug-likeness (QED) is 0.685. The molecule has 0 unspecified atom stereocenters. The van der Waals surface area contributed by atoms with Gasteiger partial charge in [-0.25, -0.2) is 8.78 Å². The Kier molecular flexibility index (Phi) is 3.17. The Hall–Kier alpha value is -2.69. The van der Waals surface area contributed by atoms with Gasteiger partial charge in [-0.2, -0.15) is 4.58 Å². The van der Waals surface area contributed by atoms with Gasteiger partial charge in [-0.3, -0.25) is 0 Å². The number of anilines is 1. The van der Waals surface area contributed by atoms with Gasteiger partial charge in [-0.1, -0.05) is 0 Å². The van der Waals surface area contributed by atoms with E-state index in [1.165, 1.54) is 6.07 Å². The summed E-state index contributed by atoms with van der Waals surface area (Å²) >= 11 is 0. The third-order valence-corrected chi connectivity index (χ3v) is 3.21. The first-order valence-corrected chi connectivity index (χ1v) is 6.38. The van der Waals surface area contributed by atoms with Crippen LogP contribution in [-0.2, 0) is 0 Å². The minimum Gasteiger partial charge on any atom is -0.450 e. The minimum atomic E-state index is -0.954. The highest BCUT2D eigenvalue weighted by Crippen LogP contribution is 2.35. The van der Waals surface area contributed by atoms with Crippen molar-refractivity contribution in [2.24, 2.45) is 0 Å². The number of rotatable bonds is 3. The summed E-state index contributed by atoms with van der Waals surface area (Å²) in [4.78, 5) is 0. The molecule has 0 spiro atoms. The summed E-state index contributed by atoms with van der Waals surface area (Å²) in [5.74, 6) is -1.18. The second-order valence-corrected chi connectivity index (χ2v) is 4.73.